The van der Waals surface area contributed by atoms with Crippen molar-refractivity contribution < 1.29 is 4.79 Å². The third-order valence-corrected chi connectivity index (χ3v) is 4.48. The molecule has 0 radical (unpaired) electrons. The Bertz CT molecular complexity index is 1030. The lowest BCUT2D eigenvalue weighted by Crippen LogP contribution is -2.21. The van der Waals surface area contributed by atoms with Gasteiger partial charge in [0.05, 0.1) is 0 Å². The first-order valence-corrected chi connectivity index (χ1v) is 8.48. The van der Waals surface area contributed by atoms with Crippen LogP contribution in [0.25, 0.3) is 17.0 Å². The molecule has 124 valence electrons. The average Bonchev–Trinajstić information content (AvgIpc) is 3.08. The van der Waals surface area contributed by atoms with Crippen LogP contribution in [0.1, 0.15) is 16.7 Å². The van der Waals surface area contributed by atoms with E-state index >= 15 is 0 Å². The Morgan fingerprint density at radius 1 is 1.12 bits per heavy atom. The van der Waals surface area contributed by atoms with Crippen LogP contribution < -0.4 is 10.6 Å². The van der Waals surface area contributed by atoms with Gasteiger partial charge in [-0.25, -0.2) is 0 Å². The van der Waals surface area contributed by atoms with E-state index in [4.69, 9.17) is 12.2 Å². The molecule has 1 aliphatic rings. The van der Waals surface area contributed by atoms with E-state index < -0.39 is 0 Å². The lowest BCUT2D eigenvalue weighted by atomic mass is 10.1. The number of aryl methyl sites for hydroxylation is 1. The summed E-state index contributed by atoms with van der Waals surface area (Å²) in [5.41, 5.74) is 5.10. The van der Waals surface area contributed by atoms with Crippen LogP contribution in [-0.2, 0) is 11.3 Å². The van der Waals surface area contributed by atoms with Gasteiger partial charge >= 0.3 is 0 Å². The topological polar surface area (TPSA) is 46.1 Å². The Hall–Kier alpha value is -2.92. The highest BCUT2D eigenvalue weighted by Gasteiger charge is 2.20. The number of fused-ring (bicyclic) bond motifs is 1. The highest BCUT2D eigenvalue weighted by molar-refractivity contribution is 7.80. The highest BCUT2D eigenvalue weighted by atomic mass is 32.1. The molecule has 1 saturated heterocycles. The molecular formula is C20H17N3OS. The molecule has 25 heavy (non-hydrogen) atoms. The van der Waals surface area contributed by atoms with E-state index in [0.717, 1.165) is 23.0 Å². The third-order valence-electron chi connectivity index (χ3n) is 4.27. The number of carbonyl (C=O) groups is 1. The molecule has 0 saturated carbocycles. The lowest BCUT2D eigenvalue weighted by Gasteiger charge is -2.06. The molecule has 1 fully saturated rings. The summed E-state index contributed by atoms with van der Waals surface area (Å²) in [5.74, 6) is -0.194. The first-order chi connectivity index (χ1) is 12.1. The van der Waals surface area contributed by atoms with E-state index in [9.17, 15) is 4.79 Å². The summed E-state index contributed by atoms with van der Waals surface area (Å²) in [7, 11) is 0. The van der Waals surface area contributed by atoms with Crippen LogP contribution in [0.5, 0.6) is 0 Å². The van der Waals surface area contributed by atoms with E-state index in [0.29, 0.717) is 10.8 Å². The van der Waals surface area contributed by atoms with Crippen LogP contribution in [0, 0.1) is 6.92 Å². The fourth-order valence-corrected chi connectivity index (χ4v) is 3.37. The van der Waals surface area contributed by atoms with Gasteiger partial charge in [0, 0.05) is 29.2 Å². The molecule has 0 spiro atoms. The van der Waals surface area contributed by atoms with Crippen molar-refractivity contribution in [3.8, 4) is 0 Å². The number of thiocarbonyl (C=S) groups is 1. The maximum Gasteiger partial charge on any atom is 0.273 e. The number of carbonyl (C=O) groups excluding carboxylic acids is 1. The molecule has 0 unspecified atom stereocenters. The van der Waals surface area contributed by atoms with Gasteiger partial charge in [0.2, 0.25) is 0 Å². The van der Waals surface area contributed by atoms with Crippen molar-refractivity contribution in [3.05, 3.63) is 77.1 Å². The van der Waals surface area contributed by atoms with Crippen LogP contribution in [0.4, 0.5) is 0 Å². The molecule has 2 aromatic carbocycles. The molecule has 1 aliphatic heterocycles. The lowest BCUT2D eigenvalue weighted by molar-refractivity contribution is -0.115. The van der Waals surface area contributed by atoms with Crippen LogP contribution in [0.2, 0.25) is 0 Å². The first-order valence-electron chi connectivity index (χ1n) is 8.07. The predicted molar refractivity (Wildman–Crippen MR) is 104 cm³/mol. The fraction of sp³-hybridized carbons (Fsp3) is 0.100. The SMILES string of the molecule is Cc1cccc(Cn2cc(/C=C3\NC(=S)NC3=O)c3ccccc32)c1. The Labute approximate surface area is 151 Å². The van der Waals surface area contributed by atoms with Gasteiger partial charge in [-0.2, -0.15) is 0 Å². The van der Waals surface area contributed by atoms with Crippen LogP contribution in [-0.4, -0.2) is 15.6 Å². The number of hydrogen-bond acceptors (Lipinski definition) is 2. The second-order valence-electron chi connectivity index (χ2n) is 6.18. The van der Waals surface area contributed by atoms with E-state index in [-0.39, 0.29) is 5.91 Å². The Balaban J connectivity index is 1.78. The average molecular weight is 347 g/mol. The molecule has 0 aliphatic carbocycles. The van der Waals surface area contributed by atoms with Crippen molar-refractivity contribution in [2.24, 2.45) is 0 Å². The number of nitrogens with one attached hydrogen (secondary N) is 2. The van der Waals surface area contributed by atoms with E-state index in [2.05, 4.69) is 64.7 Å². The summed E-state index contributed by atoms with van der Waals surface area (Å²) < 4.78 is 2.21. The molecule has 0 atom stereocenters. The van der Waals surface area contributed by atoms with Crippen LogP contribution >= 0.6 is 12.2 Å². The summed E-state index contributed by atoms with van der Waals surface area (Å²) in [6.45, 7) is 2.88. The Morgan fingerprint density at radius 3 is 2.72 bits per heavy atom. The standard InChI is InChI=1S/C20H17N3OS/c1-13-5-4-6-14(9-13)11-23-12-15(16-7-2-3-8-18(16)23)10-17-19(24)22-20(25)21-17/h2-10,12H,11H2,1H3,(H2,21,22,24,25)/b17-10-. The first kappa shape index (κ1) is 15.6. The Morgan fingerprint density at radius 2 is 1.96 bits per heavy atom. The second kappa shape index (κ2) is 6.18. The van der Waals surface area contributed by atoms with Crippen LogP contribution in [0.15, 0.2) is 60.4 Å². The molecule has 4 nitrogen and oxygen atoms in total. The summed E-state index contributed by atoms with van der Waals surface area (Å²) in [5, 5.41) is 6.95. The van der Waals surface area contributed by atoms with Gasteiger partial charge in [0.1, 0.15) is 5.70 Å². The minimum absolute atomic E-state index is 0.194. The Kier molecular flexibility index (Phi) is 3.86. The molecular weight excluding hydrogens is 330 g/mol. The van der Waals surface area contributed by atoms with E-state index in [1.165, 1.54) is 11.1 Å². The molecule has 1 amide bonds. The van der Waals surface area contributed by atoms with Crippen molar-refractivity contribution in [1.29, 1.82) is 0 Å². The largest absolute Gasteiger partial charge is 0.342 e. The number of aromatic nitrogens is 1. The monoisotopic (exact) mass is 347 g/mol. The van der Waals surface area contributed by atoms with Crippen LogP contribution in [0.3, 0.4) is 0 Å². The zero-order valence-electron chi connectivity index (χ0n) is 13.7. The number of hydrogen-bond donors (Lipinski definition) is 2. The van der Waals surface area contributed by atoms with Gasteiger partial charge in [0.15, 0.2) is 5.11 Å². The zero-order chi connectivity index (χ0) is 17.4. The molecule has 0 bridgehead atoms. The summed E-state index contributed by atoms with van der Waals surface area (Å²) >= 11 is 5.00. The molecule has 2 heterocycles. The van der Waals surface area contributed by atoms with Crippen molar-refractivity contribution in [1.82, 2.24) is 15.2 Å². The van der Waals surface area contributed by atoms with E-state index in [1.54, 1.807) is 0 Å². The zero-order valence-corrected chi connectivity index (χ0v) is 14.6. The maximum absolute atomic E-state index is 11.9. The molecule has 5 heteroatoms. The maximum atomic E-state index is 11.9. The number of amides is 1. The molecule has 2 N–H and O–H groups in total. The summed E-state index contributed by atoms with van der Waals surface area (Å²) in [6, 6.07) is 16.7. The molecule has 4 rings (SSSR count). The smallest absolute Gasteiger partial charge is 0.273 e. The highest BCUT2D eigenvalue weighted by Crippen LogP contribution is 2.25. The van der Waals surface area contributed by atoms with Gasteiger partial charge in [0.25, 0.3) is 5.91 Å². The van der Waals surface area contributed by atoms with E-state index in [1.807, 2.05) is 18.2 Å². The van der Waals surface area contributed by atoms with Gasteiger partial charge in [-0.05, 0) is 36.8 Å². The quantitative estimate of drug-likeness (QED) is 0.564. The fourth-order valence-electron chi connectivity index (χ4n) is 3.17. The van der Waals surface area contributed by atoms with Crippen molar-refractivity contribution >= 4 is 40.2 Å². The van der Waals surface area contributed by atoms with Gasteiger partial charge in [-0.1, -0.05) is 48.0 Å². The normalized spacial score (nSPS) is 15.6. The number of nitrogens with zero attached hydrogens (tertiary/aromatic N) is 1. The minimum Gasteiger partial charge on any atom is -0.342 e. The second-order valence-corrected chi connectivity index (χ2v) is 6.59. The third kappa shape index (κ3) is 3.06. The number of para-hydroxylation sites is 1. The summed E-state index contributed by atoms with van der Waals surface area (Å²) in [6.07, 6.45) is 3.93. The van der Waals surface area contributed by atoms with Gasteiger partial charge in [-0.15, -0.1) is 0 Å². The van der Waals surface area contributed by atoms with Gasteiger partial charge < -0.3 is 9.88 Å². The number of benzene rings is 2. The predicted octanol–water partition coefficient (Wildman–Crippen LogP) is 3.34. The summed E-state index contributed by atoms with van der Waals surface area (Å²) in [4.78, 5) is 11.9. The van der Waals surface area contributed by atoms with Crippen molar-refractivity contribution in [3.63, 3.8) is 0 Å². The molecule has 1 aromatic heterocycles. The van der Waals surface area contributed by atoms with Crippen molar-refractivity contribution in [2.45, 2.75) is 13.5 Å². The van der Waals surface area contributed by atoms with Crippen molar-refractivity contribution in [2.75, 3.05) is 0 Å². The minimum atomic E-state index is -0.194. The van der Waals surface area contributed by atoms with Gasteiger partial charge in [-0.3, -0.25) is 10.1 Å². The number of rotatable bonds is 3. The molecule has 3 aromatic rings.